The molecule has 0 unspecified atom stereocenters. The van der Waals surface area contributed by atoms with Crippen molar-refractivity contribution >= 4 is 23.1 Å². The quantitative estimate of drug-likeness (QED) is 0.521. The number of H-pyrrole nitrogens is 1. The number of ether oxygens (including phenoxy) is 1. The van der Waals surface area contributed by atoms with E-state index in [1.165, 1.54) is 23.6 Å². The first kappa shape index (κ1) is 14.9. The number of fused-ring (bicyclic) bond motifs is 3. The number of allylic oxidation sites excluding steroid dienone is 1. The zero-order chi connectivity index (χ0) is 17.2. The smallest absolute Gasteiger partial charge is 0.325 e. The van der Waals surface area contributed by atoms with E-state index in [9.17, 15) is 4.79 Å². The summed E-state index contributed by atoms with van der Waals surface area (Å²) >= 11 is 0. The van der Waals surface area contributed by atoms with Crippen LogP contribution in [-0.4, -0.2) is 41.4 Å². The average Bonchev–Trinajstić information content (AvgIpc) is 3.00. The van der Waals surface area contributed by atoms with E-state index < -0.39 is 5.41 Å². The number of carbonyl (C=O) groups excluding carboxylic acids is 1. The Morgan fingerprint density at radius 1 is 1.40 bits per heavy atom. The fourth-order valence-electron chi connectivity index (χ4n) is 5.46. The third-order valence-corrected chi connectivity index (χ3v) is 6.36. The highest BCUT2D eigenvalue weighted by Gasteiger charge is 2.63. The van der Waals surface area contributed by atoms with E-state index in [-0.39, 0.29) is 12.0 Å². The predicted octanol–water partition coefficient (Wildman–Crippen LogP) is 2.96. The number of carbonyl (C=O) groups is 1. The number of nitrogens with zero attached hydrogens (tertiary/aromatic N) is 1. The van der Waals surface area contributed by atoms with Crippen LogP contribution in [0.25, 0.3) is 10.9 Å². The second-order valence-electron chi connectivity index (χ2n) is 7.49. The summed E-state index contributed by atoms with van der Waals surface area (Å²) in [5.74, 6) is 0.200. The van der Waals surface area contributed by atoms with Gasteiger partial charge in [-0.15, -0.1) is 0 Å². The van der Waals surface area contributed by atoms with E-state index in [1.807, 2.05) is 6.07 Å². The Bertz CT molecular complexity index is 952. The van der Waals surface area contributed by atoms with Gasteiger partial charge in [-0.25, -0.2) is 4.58 Å². The molecule has 0 spiro atoms. The molecule has 128 valence electrons. The molecule has 6 rings (SSSR count). The summed E-state index contributed by atoms with van der Waals surface area (Å²) in [4.78, 5) is 16.9. The number of hydrogen-bond acceptors (Lipinski definition) is 2. The number of nitrogens with one attached hydrogen (secondary N) is 1. The second-order valence-corrected chi connectivity index (χ2v) is 7.49. The fourth-order valence-corrected chi connectivity index (χ4v) is 5.46. The lowest BCUT2D eigenvalue weighted by Gasteiger charge is -2.43. The van der Waals surface area contributed by atoms with Crippen LogP contribution in [0.5, 0.6) is 0 Å². The average molecular weight is 335 g/mol. The maximum Gasteiger partial charge on any atom is 0.325 e. The molecule has 0 saturated carbocycles. The highest BCUT2D eigenvalue weighted by molar-refractivity contribution is 5.92. The molecule has 3 aliphatic heterocycles. The molecule has 4 heteroatoms. The monoisotopic (exact) mass is 335 g/mol. The molecule has 0 radical (unpaired) electrons. The maximum absolute atomic E-state index is 13.2. The molecule has 1 aromatic carbocycles. The van der Waals surface area contributed by atoms with Gasteiger partial charge in [0.1, 0.15) is 12.8 Å². The minimum atomic E-state index is -0.626. The molecule has 1 aromatic heterocycles. The molecular formula is C21H23N2O2+. The third-order valence-electron chi connectivity index (χ3n) is 6.36. The lowest BCUT2D eigenvalue weighted by atomic mass is 9.62. The van der Waals surface area contributed by atoms with E-state index in [0.29, 0.717) is 5.92 Å². The van der Waals surface area contributed by atoms with Crippen molar-refractivity contribution in [3.63, 3.8) is 0 Å². The molecule has 4 nitrogen and oxygen atoms in total. The van der Waals surface area contributed by atoms with Crippen molar-refractivity contribution in [1.29, 1.82) is 0 Å². The minimum absolute atomic E-state index is 0.0734. The van der Waals surface area contributed by atoms with Gasteiger partial charge >= 0.3 is 5.97 Å². The van der Waals surface area contributed by atoms with Crippen molar-refractivity contribution < 1.29 is 14.1 Å². The zero-order valence-electron chi connectivity index (χ0n) is 14.7. The van der Waals surface area contributed by atoms with E-state index in [4.69, 9.17) is 4.74 Å². The minimum Gasteiger partial charge on any atom is -0.468 e. The highest BCUT2D eigenvalue weighted by Crippen LogP contribution is 2.50. The molecule has 0 fully saturated rings. The molecule has 3 atom stereocenters. The number of methoxy groups -OCH3 is 1. The van der Waals surface area contributed by atoms with Gasteiger partial charge in [-0.3, -0.25) is 4.79 Å². The predicted molar refractivity (Wildman–Crippen MR) is 97.2 cm³/mol. The molecule has 1 N–H and O–H groups in total. The Hall–Kier alpha value is -2.36. The first-order valence-corrected chi connectivity index (χ1v) is 9.19. The summed E-state index contributed by atoms with van der Waals surface area (Å²) in [7, 11) is 1.52. The standard InChI is InChI=1S/C21H23N2O2/c1-3-14-10-13-11-21(20(24)25-2)18-16(8-9-23(12-13)19(14)21)15-6-4-5-7-17(15)22-18/h4-7,10,12-13,19,22H,3,8-9,11H2,1-2H3/q+1/t13-,19+,21-/m0/s1. The van der Waals surface area contributed by atoms with Crippen molar-refractivity contribution in [2.45, 2.75) is 37.6 Å². The Labute approximate surface area is 147 Å². The van der Waals surface area contributed by atoms with Crippen LogP contribution in [0, 0.1) is 5.92 Å². The Morgan fingerprint density at radius 3 is 3.04 bits per heavy atom. The Kier molecular flexibility index (Phi) is 3.03. The van der Waals surface area contributed by atoms with Crippen LogP contribution in [0.3, 0.4) is 0 Å². The number of aromatic amines is 1. The third kappa shape index (κ3) is 1.77. The first-order valence-electron chi connectivity index (χ1n) is 9.19. The summed E-state index contributed by atoms with van der Waals surface area (Å²) in [5.41, 5.74) is 4.25. The SMILES string of the molecule is CCC1=C[C@@H]2C=[N+]3CCc4c([nH]c5ccccc45)[C@@](C(=O)OC)(C2)[C@@H]13. The van der Waals surface area contributed by atoms with E-state index >= 15 is 0 Å². The summed E-state index contributed by atoms with van der Waals surface area (Å²) in [6, 6.07) is 8.47. The molecule has 25 heavy (non-hydrogen) atoms. The van der Waals surface area contributed by atoms with Crippen molar-refractivity contribution in [1.82, 2.24) is 4.98 Å². The van der Waals surface area contributed by atoms with E-state index in [1.54, 1.807) is 0 Å². The molecule has 4 aliphatic rings. The second kappa shape index (κ2) is 5.07. The lowest BCUT2D eigenvalue weighted by Crippen LogP contribution is -2.59. The van der Waals surface area contributed by atoms with Crippen LogP contribution in [-0.2, 0) is 21.4 Å². The van der Waals surface area contributed by atoms with Crippen molar-refractivity contribution in [3.8, 4) is 0 Å². The summed E-state index contributed by atoms with van der Waals surface area (Å²) < 4.78 is 7.80. The molecule has 2 aromatic rings. The van der Waals surface area contributed by atoms with Gasteiger partial charge in [0, 0.05) is 23.0 Å². The molecule has 4 heterocycles. The first-order chi connectivity index (χ1) is 12.2. The highest BCUT2D eigenvalue weighted by atomic mass is 16.5. The van der Waals surface area contributed by atoms with Crippen LogP contribution in [0.4, 0.5) is 0 Å². The van der Waals surface area contributed by atoms with Crippen LogP contribution < -0.4 is 0 Å². The van der Waals surface area contributed by atoms with Gasteiger partial charge in [-0.1, -0.05) is 31.2 Å². The number of rotatable bonds is 2. The van der Waals surface area contributed by atoms with Gasteiger partial charge in [0.25, 0.3) is 0 Å². The van der Waals surface area contributed by atoms with Gasteiger partial charge in [-0.2, -0.15) is 0 Å². The molecule has 0 amide bonds. The molecule has 4 bridgehead atoms. The van der Waals surface area contributed by atoms with Crippen LogP contribution in [0.2, 0.25) is 0 Å². The van der Waals surface area contributed by atoms with Crippen molar-refractivity contribution in [3.05, 3.63) is 47.2 Å². The van der Waals surface area contributed by atoms with Crippen LogP contribution >= 0.6 is 0 Å². The molecule has 0 saturated heterocycles. The number of benzene rings is 1. The fraction of sp³-hybridized carbons (Fsp3) is 0.429. The van der Waals surface area contributed by atoms with Gasteiger partial charge in [-0.05, 0) is 30.0 Å². The molecule has 1 aliphatic carbocycles. The zero-order valence-corrected chi connectivity index (χ0v) is 14.7. The van der Waals surface area contributed by atoms with Gasteiger partial charge in [0.15, 0.2) is 11.5 Å². The summed E-state index contributed by atoms with van der Waals surface area (Å²) in [5, 5.41) is 1.24. The normalized spacial score (nSPS) is 29.7. The lowest BCUT2D eigenvalue weighted by molar-refractivity contribution is -0.568. The number of aromatic nitrogens is 1. The van der Waals surface area contributed by atoms with Gasteiger partial charge < -0.3 is 9.72 Å². The molecular weight excluding hydrogens is 312 g/mol. The van der Waals surface area contributed by atoms with Crippen molar-refractivity contribution in [2.24, 2.45) is 5.92 Å². The number of hydrogen-bond donors (Lipinski definition) is 1. The van der Waals surface area contributed by atoms with E-state index in [2.05, 4.69) is 47.0 Å². The largest absolute Gasteiger partial charge is 0.468 e. The van der Waals surface area contributed by atoms with Crippen LogP contribution in [0.15, 0.2) is 35.9 Å². The summed E-state index contributed by atoms with van der Waals surface area (Å²) in [6.07, 6.45) is 7.42. The van der Waals surface area contributed by atoms with E-state index in [0.717, 1.165) is 37.0 Å². The Balaban J connectivity index is 1.85. The topological polar surface area (TPSA) is 45.1 Å². The van der Waals surface area contributed by atoms with Crippen LogP contribution in [0.1, 0.15) is 31.0 Å². The van der Waals surface area contributed by atoms with Crippen molar-refractivity contribution in [2.75, 3.05) is 13.7 Å². The van der Waals surface area contributed by atoms with Gasteiger partial charge in [0.05, 0.1) is 13.0 Å². The number of para-hydroxylation sites is 1. The number of esters is 1. The summed E-state index contributed by atoms with van der Waals surface area (Å²) in [6.45, 7) is 3.14. The van der Waals surface area contributed by atoms with Gasteiger partial charge in [0.2, 0.25) is 0 Å². The Morgan fingerprint density at radius 2 is 2.24 bits per heavy atom. The maximum atomic E-state index is 13.2.